The molecule has 0 aliphatic heterocycles. The van der Waals surface area contributed by atoms with E-state index in [0.29, 0.717) is 6.54 Å². The molecule has 4 nitrogen and oxygen atoms in total. The summed E-state index contributed by atoms with van der Waals surface area (Å²) in [5.41, 5.74) is 2.73. The topological polar surface area (TPSA) is 46.1 Å². The van der Waals surface area contributed by atoms with Crippen molar-refractivity contribution in [2.75, 3.05) is 17.2 Å². The van der Waals surface area contributed by atoms with Gasteiger partial charge in [0, 0.05) is 28.6 Å². The summed E-state index contributed by atoms with van der Waals surface area (Å²) in [7, 11) is 0. The molecule has 0 unspecified atom stereocenters. The van der Waals surface area contributed by atoms with E-state index >= 15 is 0 Å². The summed E-state index contributed by atoms with van der Waals surface area (Å²) in [5.74, 6) is 0.274. The predicted molar refractivity (Wildman–Crippen MR) is 125 cm³/mol. The third-order valence-corrected chi connectivity index (χ3v) is 5.68. The molecule has 0 N–H and O–H groups in total. The van der Waals surface area contributed by atoms with Gasteiger partial charge in [0.05, 0.1) is 5.75 Å². The number of para-hydroxylation sites is 1. The molecule has 0 atom stereocenters. The Balaban J connectivity index is 1.60. The Morgan fingerprint density at radius 1 is 0.867 bits per heavy atom. The van der Waals surface area contributed by atoms with E-state index in [2.05, 4.69) is 16.8 Å². The van der Waals surface area contributed by atoms with E-state index in [0.717, 1.165) is 32.7 Å². The molecular weight excluding hydrogens is 390 g/mol. The van der Waals surface area contributed by atoms with Crippen molar-refractivity contribution in [1.82, 2.24) is 10.2 Å². The molecule has 5 heteroatoms. The van der Waals surface area contributed by atoms with Gasteiger partial charge in [0.15, 0.2) is 0 Å². The summed E-state index contributed by atoms with van der Waals surface area (Å²) in [4.78, 5) is 14.7. The van der Waals surface area contributed by atoms with Crippen molar-refractivity contribution < 1.29 is 4.79 Å². The Morgan fingerprint density at radius 2 is 1.50 bits per heavy atom. The zero-order chi connectivity index (χ0) is 20.8. The monoisotopic (exact) mass is 411 g/mol. The lowest BCUT2D eigenvalue weighted by Crippen LogP contribution is -2.32. The van der Waals surface area contributed by atoms with E-state index in [1.54, 1.807) is 11.0 Å². The first kappa shape index (κ1) is 19.9. The summed E-state index contributed by atoms with van der Waals surface area (Å²) >= 11 is 1.41. The molecule has 1 aromatic heterocycles. The van der Waals surface area contributed by atoms with Gasteiger partial charge in [-0.1, -0.05) is 90.6 Å². The van der Waals surface area contributed by atoms with Crippen LogP contribution in [0.15, 0.2) is 103 Å². The molecule has 3 aromatic carbocycles. The van der Waals surface area contributed by atoms with E-state index in [4.69, 9.17) is 0 Å². The predicted octanol–water partition coefficient (Wildman–Crippen LogP) is 5.61. The second-order valence-corrected chi connectivity index (χ2v) is 7.65. The zero-order valence-electron chi connectivity index (χ0n) is 16.4. The number of hydrogen-bond acceptors (Lipinski definition) is 4. The van der Waals surface area contributed by atoms with E-state index < -0.39 is 0 Å². The zero-order valence-corrected chi connectivity index (χ0v) is 17.3. The van der Waals surface area contributed by atoms with Crippen LogP contribution in [0.1, 0.15) is 0 Å². The highest BCUT2D eigenvalue weighted by Crippen LogP contribution is 2.31. The average molecular weight is 412 g/mol. The summed E-state index contributed by atoms with van der Waals surface area (Å²) in [6.07, 6.45) is 1.74. The SMILES string of the molecule is C=CCN(C(=O)CSc1nnc(-c2ccccc2)c2ccccc12)c1ccccc1. The van der Waals surface area contributed by atoms with Crippen LogP contribution in [0.2, 0.25) is 0 Å². The Morgan fingerprint density at radius 3 is 2.20 bits per heavy atom. The van der Waals surface area contributed by atoms with Gasteiger partial charge in [-0.2, -0.15) is 0 Å². The third-order valence-electron chi connectivity index (χ3n) is 4.71. The molecule has 0 aliphatic carbocycles. The van der Waals surface area contributed by atoms with Crippen LogP contribution in [0.5, 0.6) is 0 Å². The first-order valence-electron chi connectivity index (χ1n) is 9.68. The number of anilines is 1. The molecular formula is C25H21N3OS. The minimum absolute atomic E-state index is 0.00381. The number of rotatable bonds is 7. The fourth-order valence-electron chi connectivity index (χ4n) is 3.29. The standard InChI is InChI=1S/C25H21N3OS/c1-2-17-28(20-13-7-4-8-14-20)23(29)18-30-25-22-16-10-9-15-21(22)24(26-27-25)19-11-5-3-6-12-19/h2-16H,1,17-18H2. The van der Waals surface area contributed by atoms with Crippen molar-refractivity contribution in [1.29, 1.82) is 0 Å². The maximum absolute atomic E-state index is 12.9. The fourth-order valence-corrected chi connectivity index (χ4v) is 4.14. The van der Waals surface area contributed by atoms with E-state index in [9.17, 15) is 4.79 Å². The molecule has 4 rings (SSSR count). The lowest BCUT2D eigenvalue weighted by Gasteiger charge is -2.21. The molecule has 1 heterocycles. The highest BCUT2D eigenvalue weighted by molar-refractivity contribution is 8.00. The highest BCUT2D eigenvalue weighted by Gasteiger charge is 2.17. The molecule has 0 saturated carbocycles. The molecule has 0 saturated heterocycles. The second kappa shape index (κ2) is 9.37. The van der Waals surface area contributed by atoms with Crippen molar-refractivity contribution in [2.24, 2.45) is 0 Å². The van der Waals surface area contributed by atoms with Gasteiger partial charge in [0.2, 0.25) is 5.91 Å². The van der Waals surface area contributed by atoms with Crippen molar-refractivity contribution in [3.05, 3.63) is 97.6 Å². The van der Waals surface area contributed by atoms with Crippen LogP contribution < -0.4 is 4.90 Å². The van der Waals surface area contributed by atoms with Crippen LogP contribution in [-0.4, -0.2) is 28.4 Å². The largest absolute Gasteiger partial charge is 0.308 e. The maximum atomic E-state index is 12.9. The normalized spacial score (nSPS) is 10.7. The molecule has 0 bridgehead atoms. The van der Waals surface area contributed by atoms with E-state index in [-0.39, 0.29) is 11.7 Å². The third kappa shape index (κ3) is 4.26. The Bertz CT molecular complexity index is 1160. The second-order valence-electron chi connectivity index (χ2n) is 6.68. The van der Waals surface area contributed by atoms with Crippen LogP contribution in [0.25, 0.3) is 22.0 Å². The molecule has 0 radical (unpaired) electrons. The van der Waals surface area contributed by atoms with Crippen LogP contribution in [0, 0.1) is 0 Å². The van der Waals surface area contributed by atoms with Crippen molar-refractivity contribution in [3.63, 3.8) is 0 Å². The lowest BCUT2D eigenvalue weighted by atomic mass is 10.1. The first-order chi connectivity index (χ1) is 14.8. The molecule has 1 amide bonds. The van der Waals surface area contributed by atoms with E-state index in [1.165, 1.54) is 11.8 Å². The summed E-state index contributed by atoms with van der Waals surface area (Å²) in [6, 6.07) is 27.7. The van der Waals surface area contributed by atoms with Gasteiger partial charge in [-0.3, -0.25) is 4.79 Å². The van der Waals surface area contributed by atoms with Gasteiger partial charge in [0.25, 0.3) is 0 Å². The number of aromatic nitrogens is 2. The number of benzene rings is 3. The Kier molecular flexibility index (Phi) is 6.20. The smallest absolute Gasteiger partial charge is 0.237 e. The van der Waals surface area contributed by atoms with Crippen LogP contribution in [0.4, 0.5) is 5.69 Å². The van der Waals surface area contributed by atoms with Crippen LogP contribution in [-0.2, 0) is 4.79 Å². The lowest BCUT2D eigenvalue weighted by molar-refractivity contribution is -0.116. The quantitative estimate of drug-likeness (QED) is 0.293. The van der Waals surface area contributed by atoms with Crippen LogP contribution >= 0.6 is 11.8 Å². The number of fused-ring (bicyclic) bond motifs is 1. The van der Waals surface area contributed by atoms with Crippen molar-refractivity contribution in [3.8, 4) is 11.3 Å². The van der Waals surface area contributed by atoms with Gasteiger partial charge >= 0.3 is 0 Å². The Hall–Kier alpha value is -3.44. The molecule has 148 valence electrons. The fraction of sp³-hybridized carbons (Fsp3) is 0.0800. The first-order valence-corrected chi connectivity index (χ1v) is 10.7. The molecule has 4 aromatic rings. The number of amides is 1. The van der Waals surface area contributed by atoms with Gasteiger partial charge in [-0.15, -0.1) is 16.8 Å². The number of nitrogens with zero attached hydrogens (tertiary/aromatic N) is 3. The number of carbonyl (C=O) groups excluding carboxylic acids is 1. The van der Waals surface area contributed by atoms with Crippen molar-refractivity contribution in [2.45, 2.75) is 5.03 Å². The van der Waals surface area contributed by atoms with Gasteiger partial charge in [0.1, 0.15) is 10.7 Å². The Labute approximate surface area is 180 Å². The highest BCUT2D eigenvalue weighted by atomic mass is 32.2. The van der Waals surface area contributed by atoms with Gasteiger partial charge < -0.3 is 4.90 Å². The average Bonchev–Trinajstić information content (AvgIpc) is 2.82. The number of hydrogen-bond donors (Lipinski definition) is 0. The summed E-state index contributed by atoms with van der Waals surface area (Å²) in [6.45, 7) is 4.24. The van der Waals surface area contributed by atoms with Crippen molar-refractivity contribution >= 4 is 34.1 Å². The summed E-state index contributed by atoms with van der Waals surface area (Å²) in [5, 5.41) is 11.7. The summed E-state index contributed by atoms with van der Waals surface area (Å²) < 4.78 is 0. The minimum Gasteiger partial charge on any atom is -0.308 e. The maximum Gasteiger partial charge on any atom is 0.237 e. The molecule has 0 fully saturated rings. The number of carbonyl (C=O) groups is 1. The van der Waals surface area contributed by atoms with E-state index in [1.807, 2.05) is 84.9 Å². The minimum atomic E-state index is 0.00381. The molecule has 30 heavy (non-hydrogen) atoms. The number of thioether (sulfide) groups is 1. The van der Waals surface area contributed by atoms with Crippen LogP contribution in [0.3, 0.4) is 0 Å². The molecule has 0 spiro atoms. The van der Waals surface area contributed by atoms with Gasteiger partial charge in [-0.25, -0.2) is 0 Å². The molecule has 0 aliphatic rings. The van der Waals surface area contributed by atoms with Gasteiger partial charge in [-0.05, 0) is 12.1 Å².